The topological polar surface area (TPSA) is 68.0 Å². The molecular formula is C12H13N3O. The van der Waals surface area contributed by atoms with Crippen molar-refractivity contribution in [3.63, 3.8) is 0 Å². The molecule has 16 heavy (non-hydrogen) atoms. The number of fused-ring (bicyclic) bond motifs is 1. The average Bonchev–Trinajstić information content (AvgIpc) is 2.29. The highest BCUT2D eigenvalue weighted by atomic mass is 16.1. The molecule has 0 unspecified atom stereocenters. The number of primary amides is 1. The Kier molecular flexibility index (Phi) is 2.72. The van der Waals surface area contributed by atoms with Gasteiger partial charge in [0.25, 0.3) is 5.91 Å². The van der Waals surface area contributed by atoms with Crippen LogP contribution in [0.1, 0.15) is 17.4 Å². The van der Waals surface area contributed by atoms with Crippen molar-refractivity contribution in [2.45, 2.75) is 6.92 Å². The molecule has 1 heterocycles. The highest BCUT2D eigenvalue weighted by molar-refractivity contribution is 5.99. The molecule has 0 radical (unpaired) electrons. The van der Waals surface area contributed by atoms with Crippen LogP contribution in [0.3, 0.4) is 0 Å². The van der Waals surface area contributed by atoms with E-state index in [2.05, 4.69) is 10.3 Å². The van der Waals surface area contributed by atoms with E-state index < -0.39 is 5.91 Å². The molecule has 4 heteroatoms. The number of para-hydroxylation sites is 1. The first-order valence-corrected chi connectivity index (χ1v) is 5.16. The molecule has 0 bridgehead atoms. The molecule has 1 amide bonds. The summed E-state index contributed by atoms with van der Waals surface area (Å²) in [6, 6.07) is 9.34. The number of pyridine rings is 1. The lowest BCUT2D eigenvalue weighted by molar-refractivity contribution is 0.0996. The van der Waals surface area contributed by atoms with Crippen LogP contribution >= 0.6 is 0 Å². The van der Waals surface area contributed by atoms with Gasteiger partial charge in [0.2, 0.25) is 0 Å². The molecule has 0 fully saturated rings. The van der Waals surface area contributed by atoms with E-state index in [-0.39, 0.29) is 5.69 Å². The second-order valence-corrected chi connectivity index (χ2v) is 3.47. The molecule has 0 atom stereocenters. The number of benzene rings is 1. The van der Waals surface area contributed by atoms with E-state index in [1.54, 1.807) is 6.07 Å². The third-order valence-corrected chi connectivity index (χ3v) is 2.34. The van der Waals surface area contributed by atoms with Gasteiger partial charge < -0.3 is 11.1 Å². The number of anilines is 1. The smallest absolute Gasteiger partial charge is 0.267 e. The van der Waals surface area contributed by atoms with E-state index >= 15 is 0 Å². The molecule has 1 aromatic heterocycles. The van der Waals surface area contributed by atoms with Gasteiger partial charge >= 0.3 is 0 Å². The maximum absolute atomic E-state index is 11.1. The molecule has 2 rings (SSSR count). The van der Waals surface area contributed by atoms with Crippen LogP contribution in [0.4, 0.5) is 5.69 Å². The summed E-state index contributed by atoms with van der Waals surface area (Å²) >= 11 is 0. The quantitative estimate of drug-likeness (QED) is 0.819. The highest BCUT2D eigenvalue weighted by Crippen LogP contribution is 2.22. The Morgan fingerprint density at radius 3 is 2.88 bits per heavy atom. The molecule has 4 nitrogen and oxygen atoms in total. The number of nitrogens with one attached hydrogen (secondary N) is 1. The number of hydrogen-bond donors (Lipinski definition) is 2. The van der Waals surface area contributed by atoms with Crippen molar-refractivity contribution in [1.29, 1.82) is 0 Å². The van der Waals surface area contributed by atoms with Gasteiger partial charge in [0.05, 0.1) is 5.52 Å². The number of carbonyl (C=O) groups excluding carboxylic acids is 1. The molecule has 0 saturated heterocycles. The Bertz CT molecular complexity index is 537. The SMILES string of the molecule is CCNc1cc(C(N)=O)nc2ccccc12. The maximum Gasteiger partial charge on any atom is 0.267 e. The van der Waals surface area contributed by atoms with E-state index in [4.69, 9.17) is 5.73 Å². The molecule has 82 valence electrons. The van der Waals surface area contributed by atoms with Gasteiger partial charge in [-0.05, 0) is 19.1 Å². The lowest BCUT2D eigenvalue weighted by atomic mass is 10.1. The third kappa shape index (κ3) is 1.82. The van der Waals surface area contributed by atoms with Gasteiger partial charge in [-0.25, -0.2) is 4.98 Å². The average molecular weight is 215 g/mol. The predicted molar refractivity (Wildman–Crippen MR) is 64.4 cm³/mol. The molecule has 0 aliphatic heterocycles. The Morgan fingerprint density at radius 1 is 1.44 bits per heavy atom. The molecule has 0 aliphatic carbocycles. The van der Waals surface area contributed by atoms with E-state index in [0.29, 0.717) is 0 Å². The Labute approximate surface area is 93.5 Å². The standard InChI is InChI=1S/C12H13N3O/c1-2-14-10-7-11(12(13)16)15-9-6-4-3-5-8(9)10/h3-7H,2H2,1H3,(H2,13,16)(H,14,15). The molecule has 0 saturated carbocycles. The normalized spacial score (nSPS) is 10.3. The summed E-state index contributed by atoms with van der Waals surface area (Å²) in [6.45, 7) is 2.78. The number of nitrogens with zero attached hydrogens (tertiary/aromatic N) is 1. The predicted octanol–water partition coefficient (Wildman–Crippen LogP) is 1.77. The Hall–Kier alpha value is -2.10. The highest BCUT2D eigenvalue weighted by Gasteiger charge is 2.08. The molecule has 1 aromatic carbocycles. The number of amides is 1. The molecule has 0 spiro atoms. The summed E-state index contributed by atoms with van der Waals surface area (Å²) in [6.07, 6.45) is 0. The van der Waals surface area contributed by atoms with Crippen molar-refractivity contribution in [1.82, 2.24) is 4.98 Å². The van der Waals surface area contributed by atoms with Gasteiger partial charge in [0.1, 0.15) is 5.69 Å². The van der Waals surface area contributed by atoms with Gasteiger partial charge in [-0.15, -0.1) is 0 Å². The molecule has 3 N–H and O–H groups in total. The minimum Gasteiger partial charge on any atom is -0.385 e. The summed E-state index contributed by atoms with van der Waals surface area (Å²) in [5, 5.41) is 4.19. The number of rotatable bonds is 3. The van der Waals surface area contributed by atoms with Crippen LogP contribution < -0.4 is 11.1 Å². The largest absolute Gasteiger partial charge is 0.385 e. The summed E-state index contributed by atoms with van der Waals surface area (Å²) < 4.78 is 0. The monoisotopic (exact) mass is 215 g/mol. The van der Waals surface area contributed by atoms with Crippen molar-refractivity contribution in [2.75, 3.05) is 11.9 Å². The third-order valence-electron chi connectivity index (χ3n) is 2.34. The van der Waals surface area contributed by atoms with Crippen molar-refractivity contribution < 1.29 is 4.79 Å². The summed E-state index contributed by atoms with van der Waals surface area (Å²) in [5.41, 5.74) is 7.19. The zero-order valence-electron chi connectivity index (χ0n) is 9.03. The fourth-order valence-corrected chi connectivity index (χ4v) is 1.64. The fraction of sp³-hybridized carbons (Fsp3) is 0.167. The Balaban J connectivity index is 2.68. The van der Waals surface area contributed by atoms with Gasteiger partial charge in [-0.1, -0.05) is 18.2 Å². The van der Waals surface area contributed by atoms with Gasteiger partial charge in [0, 0.05) is 17.6 Å². The van der Waals surface area contributed by atoms with E-state index in [9.17, 15) is 4.79 Å². The summed E-state index contributed by atoms with van der Waals surface area (Å²) in [5.74, 6) is -0.509. The molecule has 2 aromatic rings. The van der Waals surface area contributed by atoms with Crippen molar-refractivity contribution in [2.24, 2.45) is 5.73 Å². The number of nitrogens with two attached hydrogens (primary N) is 1. The van der Waals surface area contributed by atoms with E-state index in [0.717, 1.165) is 23.1 Å². The van der Waals surface area contributed by atoms with Crippen LogP contribution in [0, 0.1) is 0 Å². The van der Waals surface area contributed by atoms with Gasteiger partial charge in [-0.3, -0.25) is 4.79 Å². The van der Waals surface area contributed by atoms with Crippen LogP contribution in [-0.2, 0) is 0 Å². The van der Waals surface area contributed by atoms with E-state index in [1.165, 1.54) is 0 Å². The van der Waals surface area contributed by atoms with Crippen molar-refractivity contribution in [3.8, 4) is 0 Å². The van der Waals surface area contributed by atoms with Crippen molar-refractivity contribution >= 4 is 22.5 Å². The van der Waals surface area contributed by atoms with Crippen LogP contribution in [0.25, 0.3) is 10.9 Å². The second kappa shape index (κ2) is 4.18. The lowest BCUT2D eigenvalue weighted by Gasteiger charge is -2.08. The van der Waals surface area contributed by atoms with Crippen LogP contribution in [0.2, 0.25) is 0 Å². The second-order valence-electron chi connectivity index (χ2n) is 3.47. The Morgan fingerprint density at radius 2 is 2.19 bits per heavy atom. The minimum atomic E-state index is -0.509. The zero-order valence-corrected chi connectivity index (χ0v) is 9.03. The minimum absolute atomic E-state index is 0.287. The zero-order chi connectivity index (χ0) is 11.5. The summed E-state index contributed by atoms with van der Waals surface area (Å²) in [4.78, 5) is 15.3. The number of hydrogen-bond acceptors (Lipinski definition) is 3. The van der Waals surface area contributed by atoms with Crippen LogP contribution in [0.5, 0.6) is 0 Å². The fourth-order valence-electron chi connectivity index (χ4n) is 1.64. The van der Waals surface area contributed by atoms with Gasteiger partial charge in [0.15, 0.2) is 0 Å². The molecular weight excluding hydrogens is 202 g/mol. The number of carbonyl (C=O) groups is 1. The summed E-state index contributed by atoms with van der Waals surface area (Å²) in [7, 11) is 0. The first kappa shape index (κ1) is 10.4. The van der Waals surface area contributed by atoms with E-state index in [1.807, 2.05) is 31.2 Å². The lowest BCUT2D eigenvalue weighted by Crippen LogP contribution is -2.14. The number of aromatic nitrogens is 1. The van der Waals surface area contributed by atoms with Gasteiger partial charge in [-0.2, -0.15) is 0 Å². The van der Waals surface area contributed by atoms with Crippen molar-refractivity contribution in [3.05, 3.63) is 36.0 Å². The molecule has 0 aliphatic rings. The van der Waals surface area contributed by atoms with Crippen LogP contribution in [-0.4, -0.2) is 17.4 Å². The maximum atomic E-state index is 11.1. The first-order valence-electron chi connectivity index (χ1n) is 5.16. The van der Waals surface area contributed by atoms with Crippen LogP contribution in [0.15, 0.2) is 30.3 Å². The first-order chi connectivity index (χ1) is 7.72.